The Kier molecular flexibility index (Phi) is 4.74. The molecular formula is C19H30N2O. The first-order valence-electron chi connectivity index (χ1n) is 8.72. The summed E-state index contributed by atoms with van der Waals surface area (Å²) in [6, 6.07) is 5.03. The first kappa shape index (κ1) is 15.8. The van der Waals surface area contributed by atoms with Gasteiger partial charge in [-0.1, -0.05) is 12.5 Å². The maximum atomic E-state index is 6.25. The average Bonchev–Trinajstić information content (AvgIpc) is 2.82. The lowest BCUT2D eigenvalue weighted by atomic mass is 9.86. The number of nitrogens with two attached hydrogens (primary N) is 1. The molecule has 2 N–H and O–H groups in total. The summed E-state index contributed by atoms with van der Waals surface area (Å²) < 4.78 is 6.25. The summed E-state index contributed by atoms with van der Waals surface area (Å²) in [6.07, 6.45) is 5.18. The average molecular weight is 302 g/mol. The first-order chi connectivity index (χ1) is 10.6. The van der Waals surface area contributed by atoms with Crippen LogP contribution in [0.1, 0.15) is 48.4 Å². The van der Waals surface area contributed by atoms with Gasteiger partial charge in [-0.3, -0.25) is 4.90 Å². The van der Waals surface area contributed by atoms with Crippen molar-refractivity contribution in [2.24, 2.45) is 17.6 Å². The monoisotopic (exact) mass is 302 g/mol. The van der Waals surface area contributed by atoms with Gasteiger partial charge < -0.3 is 10.5 Å². The largest absolute Gasteiger partial charge is 0.493 e. The van der Waals surface area contributed by atoms with E-state index < -0.39 is 0 Å². The highest BCUT2D eigenvalue weighted by molar-refractivity contribution is 5.44. The van der Waals surface area contributed by atoms with Crippen molar-refractivity contribution < 1.29 is 4.74 Å². The molecule has 1 aliphatic carbocycles. The van der Waals surface area contributed by atoms with Gasteiger partial charge in [-0.05, 0) is 75.7 Å². The SMILES string of the molecule is Cc1cc(OCC2CCC2)c(C2CC(CN)CN2C)cc1C. The van der Waals surface area contributed by atoms with Crippen LogP contribution >= 0.6 is 0 Å². The van der Waals surface area contributed by atoms with Crippen molar-refractivity contribution in [1.29, 1.82) is 0 Å². The minimum absolute atomic E-state index is 0.448. The molecule has 0 bridgehead atoms. The Morgan fingerprint density at radius 3 is 2.50 bits per heavy atom. The van der Waals surface area contributed by atoms with Crippen LogP contribution in [0.2, 0.25) is 0 Å². The van der Waals surface area contributed by atoms with Crippen LogP contribution in [0.4, 0.5) is 0 Å². The molecule has 1 aromatic carbocycles. The third-order valence-corrected chi connectivity index (χ3v) is 5.65. The summed E-state index contributed by atoms with van der Waals surface area (Å²) >= 11 is 0. The van der Waals surface area contributed by atoms with Crippen molar-refractivity contribution in [2.45, 2.75) is 45.6 Å². The van der Waals surface area contributed by atoms with E-state index in [0.29, 0.717) is 12.0 Å². The predicted octanol–water partition coefficient (Wildman–Crippen LogP) is 3.43. The summed E-state index contributed by atoms with van der Waals surface area (Å²) in [5, 5.41) is 0. The normalized spacial score (nSPS) is 26.2. The molecule has 1 saturated carbocycles. The van der Waals surface area contributed by atoms with Crippen molar-refractivity contribution in [3.63, 3.8) is 0 Å². The fraction of sp³-hybridized carbons (Fsp3) is 0.684. The predicted molar refractivity (Wildman–Crippen MR) is 91.3 cm³/mol. The molecule has 3 rings (SSSR count). The lowest BCUT2D eigenvalue weighted by Crippen LogP contribution is -2.22. The van der Waals surface area contributed by atoms with Crippen LogP contribution in [0, 0.1) is 25.7 Å². The van der Waals surface area contributed by atoms with E-state index in [2.05, 4.69) is 37.9 Å². The molecule has 1 heterocycles. The zero-order valence-electron chi connectivity index (χ0n) is 14.3. The van der Waals surface area contributed by atoms with Crippen molar-refractivity contribution in [1.82, 2.24) is 4.90 Å². The minimum atomic E-state index is 0.448. The second-order valence-corrected chi connectivity index (χ2v) is 7.38. The maximum absolute atomic E-state index is 6.25. The standard InChI is InChI=1S/C19H30N2O/c1-13-7-17(18-9-16(10-20)11-21(18)3)19(8-14(13)2)22-12-15-5-4-6-15/h7-8,15-16,18H,4-6,9-12,20H2,1-3H3. The quantitative estimate of drug-likeness (QED) is 0.905. The molecule has 2 fully saturated rings. The number of hydrogen-bond acceptors (Lipinski definition) is 3. The number of likely N-dealkylation sites (tertiary alicyclic amines) is 1. The summed E-state index contributed by atoms with van der Waals surface area (Å²) in [5.41, 5.74) is 9.94. The third-order valence-electron chi connectivity index (χ3n) is 5.65. The van der Waals surface area contributed by atoms with E-state index >= 15 is 0 Å². The molecule has 0 spiro atoms. The van der Waals surface area contributed by atoms with Crippen LogP contribution in [0.5, 0.6) is 5.75 Å². The van der Waals surface area contributed by atoms with E-state index in [1.807, 2.05) is 0 Å². The number of rotatable bonds is 5. The summed E-state index contributed by atoms with van der Waals surface area (Å²) in [7, 11) is 2.21. The smallest absolute Gasteiger partial charge is 0.124 e. The van der Waals surface area contributed by atoms with Crippen molar-refractivity contribution in [3.8, 4) is 5.75 Å². The molecule has 1 saturated heterocycles. The second kappa shape index (κ2) is 6.59. The lowest BCUT2D eigenvalue weighted by Gasteiger charge is -2.28. The van der Waals surface area contributed by atoms with E-state index in [0.717, 1.165) is 37.8 Å². The lowest BCUT2D eigenvalue weighted by molar-refractivity contribution is 0.176. The van der Waals surface area contributed by atoms with Crippen molar-refractivity contribution in [3.05, 3.63) is 28.8 Å². The Morgan fingerprint density at radius 1 is 1.18 bits per heavy atom. The summed E-state index contributed by atoms with van der Waals surface area (Å²) in [4.78, 5) is 2.44. The molecular weight excluding hydrogens is 272 g/mol. The Hall–Kier alpha value is -1.06. The van der Waals surface area contributed by atoms with Crippen molar-refractivity contribution in [2.75, 3.05) is 26.7 Å². The zero-order valence-corrected chi connectivity index (χ0v) is 14.3. The Balaban J connectivity index is 1.82. The van der Waals surface area contributed by atoms with E-state index in [9.17, 15) is 0 Å². The molecule has 22 heavy (non-hydrogen) atoms. The van der Waals surface area contributed by atoms with E-state index in [1.165, 1.54) is 36.0 Å². The second-order valence-electron chi connectivity index (χ2n) is 7.38. The molecule has 1 aliphatic heterocycles. The Morgan fingerprint density at radius 2 is 1.91 bits per heavy atom. The van der Waals surface area contributed by atoms with Gasteiger partial charge in [0.25, 0.3) is 0 Å². The van der Waals surface area contributed by atoms with Crippen LogP contribution in [0.25, 0.3) is 0 Å². The van der Waals surface area contributed by atoms with Gasteiger partial charge in [0.15, 0.2) is 0 Å². The number of benzene rings is 1. The Bertz CT molecular complexity index is 524. The van der Waals surface area contributed by atoms with Crippen LogP contribution < -0.4 is 10.5 Å². The van der Waals surface area contributed by atoms with Crippen LogP contribution in [-0.2, 0) is 0 Å². The van der Waals surface area contributed by atoms with Gasteiger partial charge in [0.1, 0.15) is 5.75 Å². The van der Waals surface area contributed by atoms with Crippen LogP contribution in [0.3, 0.4) is 0 Å². The van der Waals surface area contributed by atoms with Gasteiger partial charge in [0.2, 0.25) is 0 Å². The maximum Gasteiger partial charge on any atom is 0.124 e. The molecule has 2 atom stereocenters. The zero-order chi connectivity index (χ0) is 15.7. The van der Waals surface area contributed by atoms with Gasteiger partial charge >= 0.3 is 0 Å². The molecule has 1 aromatic rings. The number of hydrogen-bond donors (Lipinski definition) is 1. The molecule has 3 heteroatoms. The third kappa shape index (κ3) is 3.16. The number of aryl methyl sites for hydroxylation is 2. The van der Waals surface area contributed by atoms with Crippen LogP contribution in [0.15, 0.2) is 12.1 Å². The summed E-state index contributed by atoms with van der Waals surface area (Å²) in [6.45, 7) is 7.13. The fourth-order valence-corrected chi connectivity index (χ4v) is 3.70. The summed E-state index contributed by atoms with van der Waals surface area (Å²) in [5.74, 6) is 2.48. The van der Waals surface area contributed by atoms with Gasteiger partial charge in [0, 0.05) is 18.2 Å². The molecule has 0 aromatic heterocycles. The number of nitrogens with zero attached hydrogens (tertiary/aromatic N) is 1. The van der Waals surface area contributed by atoms with E-state index in [1.54, 1.807) is 0 Å². The van der Waals surface area contributed by atoms with Crippen LogP contribution in [-0.4, -0.2) is 31.6 Å². The molecule has 2 aliphatic rings. The Labute approximate surface area is 134 Å². The first-order valence-corrected chi connectivity index (χ1v) is 8.72. The fourth-order valence-electron chi connectivity index (χ4n) is 3.70. The van der Waals surface area contributed by atoms with Gasteiger partial charge in [-0.25, -0.2) is 0 Å². The van der Waals surface area contributed by atoms with Gasteiger partial charge in [-0.15, -0.1) is 0 Å². The topological polar surface area (TPSA) is 38.5 Å². The number of ether oxygens (including phenoxy) is 1. The van der Waals surface area contributed by atoms with E-state index in [-0.39, 0.29) is 0 Å². The van der Waals surface area contributed by atoms with Gasteiger partial charge in [0.05, 0.1) is 6.61 Å². The molecule has 0 amide bonds. The van der Waals surface area contributed by atoms with Gasteiger partial charge in [-0.2, -0.15) is 0 Å². The molecule has 0 radical (unpaired) electrons. The highest BCUT2D eigenvalue weighted by Gasteiger charge is 2.32. The molecule has 122 valence electrons. The molecule has 3 nitrogen and oxygen atoms in total. The highest BCUT2D eigenvalue weighted by Crippen LogP contribution is 2.40. The highest BCUT2D eigenvalue weighted by atomic mass is 16.5. The van der Waals surface area contributed by atoms with E-state index in [4.69, 9.17) is 10.5 Å². The van der Waals surface area contributed by atoms with Crippen molar-refractivity contribution >= 4 is 0 Å². The molecule has 2 unspecified atom stereocenters. The minimum Gasteiger partial charge on any atom is -0.493 e.